The van der Waals surface area contributed by atoms with Crippen LogP contribution < -0.4 is 16.2 Å². The lowest BCUT2D eigenvalue weighted by molar-refractivity contribution is 0.719. The Hall–Kier alpha value is -3.44. The number of hydrogen-bond donors (Lipinski definition) is 2. The molecule has 9 heteroatoms. The first-order valence-electron chi connectivity index (χ1n) is 9.20. The third-order valence-corrected chi connectivity index (χ3v) is 5.02. The number of pyridine rings is 2. The Balaban J connectivity index is 1.38. The summed E-state index contributed by atoms with van der Waals surface area (Å²) in [6.07, 6.45) is 9.24. The first-order valence-corrected chi connectivity index (χ1v) is 9.58. The fourth-order valence-corrected chi connectivity index (χ4v) is 3.52. The maximum absolute atomic E-state index is 12.0. The molecule has 2 atom stereocenters. The summed E-state index contributed by atoms with van der Waals surface area (Å²) in [5.41, 5.74) is 0.827. The highest BCUT2D eigenvalue weighted by Gasteiger charge is 2.25. The number of nitriles is 1. The number of anilines is 2. The second-order valence-electron chi connectivity index (χ2n) is 6.86. The van der Waals surface area contributed by atoms with E-state index in [1.165, 1.54) is 29.1 Å². The van der Waals surface area contributed by atoms with E-state index in [2.05, 4.69) is 25.6 Å². The van der Waals surface area contributed by atoms with E-state index in [9.17, 15) is 4.79 Å². The Morgan fingerprint density at radius 2 is 1.76 bits per heavy atom. The highest BCUT2D eigenvalue weighted by molar-refractivity contribution is 6.29. The van der Waals surface area contributed by atoms with Crippen LogP contribution in [0.5, 0.6) is 0 Å². The highest BCUT2D eigenvalue weighted by atomic mass is 35.5. The molecule has 0 aromatic carbocycles. The van der Waals surface area contributed by atoms with Crippen molar-refractivity contribution in [1.29, 1.82) is 5.26 Å². The van der Waals surface area contributed by atoms with Gasteiger partial charge in [-0.15, -0.1) is 0 Å². The number of nitrogens with zero attached hydrogens (tertiary/aromatic N) is 5. The van der Waals surface area contributed by atoms with Gasteiger partial charge in [-0.1, -0.05) is 11.6 Å². The fraction of sp³-hybridized carbons (Fsp3) is 0.250. The van der Waals surface area contributed by atoms with Crippen LogP contribution in [0.15, 0.2) is 53.8 Å². The third-order valence-electron chi connectivity index (χ3n) is 4.82. The molecule has 1 aliphatic carbocycles. The van der Waals surface area contributed by atoms with Gasteiger partial charge in [0.15, 0.2) is 0 Å². The van der Waals surface area contributed by atoms with E-state index in [-0.39, 0.29) is 11.6 Å². The first kappa shape index (κ1) is 18.9. The molecule has 1 fully saturated rings. The van der Waals surface area contributed by atoms with Crippen LogP contribution in [0, 0.1) is 11.3 Å². The molecule has 4 rings (SSSR count). The van der Waals surface area contributed by atoms with Crippen LogP contribution in [0.25, 0.3) is 5.69 Å². The zero-order chi connectivity index (χ0) is 20.2. The van der Waals surface area contributed by atoms with Crippen LogP contribution in [-0.4, -0.2) is 31.6 Å². The van der Waals surface area contributed by atoms with Crippen molar-refractivity contribution in [2.24, 2.45) is 0 Å². The summed E-state index contributed by atoms with van der Waals surface area (Å²) < 4.78 is 1.41. The summed E-state index contributed by atoms with van der Waals surface area (Å²) in [5.74, 6) is 1.46. The largest absolute Gasteiger partial charge is 0.367 e. The van der Waals surface area contributed by atoms with Gasteiger partial charge in [0.05, 0.1) is 29.8 Å². The Labute approximate surface area is 172 Å². The van der Waals surface area contributed by atoms with Crippen molar-refractivity contribution in [1.82, 2.24) is 19.5 Å². The minimum absolute atomic E-state index is 0.207. The van der Waals surface area contributed by atoms with E-state index in [0.717, 1.165) is 25.1 Å². The van der Waals surface area contributed by atoms with Gasteiger partial charge in [-0.3, -0.25) is 9.36 Å². The molecule has 0 aliphatic heterocycles. The van der Waals surface area contributed by atoms with Crippen LogP contribution in [0.2, 0.25) is 5.15 Å². The van der Waals surface area contributed by atoms with Gasteiger partial charge in [-0.05, 0) is 37.5 Å². The molecule has 1 aliphatic rings. The summed E-state index contributed by atoms with van der Waals surface area (Å²) in [6.45, 7) is 0. The second kappa shape index (κ2) is 8.29. The molecule has 0 spiro atoms. The van der Waals surface area contributed by atoms with Gasteiger partial charge in [-0.25, -0.2) is 15.0 Å². The van der Waals surface area contributed by atoms with Crippen LogP contribution in [0.1, 0.15) is 24.8 Å². The lowest BCUT2D eigenvalue weighted by atomic mass is 10.2. The minimum Gasteiger partial charge on any atom is -0.367 e. The fourth-order valence-electron chi connectivity index (χ4n) is 3.42. The summed E-state index contributed by atoms with van der Waals surface area (Å²) in [4.78, 5) is 24.7. The maximum Gasteiger partial charge on any atom is 0.255 e. The Bertz CT molecular complexity index is 1090. The highest BCUT2D eigenvalue weighted by Crippen LogP contribution is 2.25. The van der Waals surface area contributed by atoms with Crippen LogP contribution in [-0.2, 0) is 0 Å². The molecule has 29 heavy (non-hydrogen) atoms. The average molecular weight is 408 g/mol. The van der Waals surface area contributed by atoms with E-state index in [0.29, 0.717) is 28.3 Å². The maximum atomic E-state index is 12.0. The summed E-state index contributed by atoms with van der Waals surface area (Å²) in [7, 11) is 0. The van der Waals surface area contributed by atoms with Crippen molar-refractivity contribution in [2.75, 3.05) is 10.6 Å². The molecule has 0 unspecified atom stereocenters. The van der Waals surface area contributed by atoms with Crippen molar-refractivity contribution >= 4 is 23.2 Å². The zero-order valence-corrected chi connectivity index (χ0v) is 16.2. The Morgan fingerprint density at radius 3 is 2.41 bits per heavy atom. The molecule has 0 bridgehead atoms. The van der Waals surface area contributed by atoms with Crippen molar-refractivity contribution in [2.45, 2.75) is 31.3 Å². The number of aromatic nitrogens is 4. The van der Waals surface area contributed by atoms with Crippen LogP contribution in [0.3, 0.4) is 0 Å². The van der Waals surface area contributed by atoms with Gasteiger partial charge in [0, 0.05) is 24.3 Å². The monoisotopic (exact) mass is 407 g/mol. The minimum atomic E-state index is -0.207. The molecular weight excluding hydrogens is 390 g/mol. The molecule has 3 aromatic rings. The number of nitrogens with one attached hydrogen (secondary N) is 2. The van der Waals surface area contributed by atoms with E-state index in [4.69, 9.17) is 16.9 Å². The van der Waals surface area contributed by atoms with Gasteiger partial charge >= 0.3 is 0 Å². The Morgan fingerprint density at radius 1 is 1.00 bits per heavy atom. The number of hydrogen-bond acceptors (Lipinski definition) is 7. The van der Waals surface area contributed by atoms with Crippen LogP contribution in [0.4, 0.5) is 11.6 Å². The summed E-state index contributed by atoms with van der Waals surface area (Å²) >= 11 is 5.76. The predicted molar refractivity (Wildman–Crippen MR) is 110 cm³/mol. The molecule has 1 saturated carbocycles. The molecule has 0 amide bonds. The number of rotatable bonds is 5. The SMILES string of the molecule is N#Cc1ccc(=O)n(-c2ccc(N[C@H]3CC[C@H](Nc4cnc(Cl)cn4)C3)nc2)c1. The second-order valence-corrected chi connectivity index (χ2v) is 7.25. The van der Waals surface area contributed by atoms with Crippen molar-refractivity contribution in [3.8, 4) is 11.8 Å². The van der Waals surface area contributed by atoms with Gasteiger partial charge < -0.3 is 10.6 Å². The van der Waals surface area contributed by atoms with Crippen LogP contribution >= 0.6 is 11.6 Å². The molecule has 0 saturated heterocycles. The quantitative estimate of drug-likeness (QED) is 0.669. The van der Waals surface area contributed by atoms with Crippen molar-refractivity contribution < 1.29 is 0 Å². The topological polar surface area (TPSA) is 109 Å². The normalized spacial score (nSPS) is 18.2. The van der Waals surface area contributed by atoms with Gasteiger partial charge in [0.25, 0.3) is 5.56 Å². The van der Waals surface area contributed by atoms with Crippen molar-refractivity contribution in [3.63, 3.8) is 0 Å². The summed E-state index contributed by atoms with van der Waals surface area (Å²) in [5, 5.41) is 16.2. The lowest BCUT2D eigenvalue weighted by Crippen LogP contribution is -2.22. The first-order chi connectivity index (χ1) is 14.1. The van der Waals surface area contributed by atoms with Gasteiger partial charge in [0.1, 0.15) is 22.9 Å². The van der Waals surface area contributed by atoms with E-state index in [1.54, 1.807) is 12.4 Å². The Kier molecular flexibility index (Phi) is 5.40. The molecule has 3 heterocycles. The predicted octanol–water partition coefficient (Wildman–Crippen LogP) is 2.99. The standard InChI is InChI=1S/C20H18ClN7O/c21-17-10-25-19(11-23-17)27-15-3-2-14(7-15)26-18-5-4-16(9-24-18)28-12-13(8-22)1-6-20(28)29/h1,4-6,9-12,14-15H,2-3,7H2,(H,24,26)(H,25,27)/t14-,15-/m0/s1. The van der Waals surface area contributed by atoms with E-state index < -0.39 is 0 Å². The average Bonchev–Trinajstić information content (AvgIpc) is 3.17. The van der Waals surface area contributed by atoms with Gasteiger partial charge in [-0.2, -0.15) is 5.26 Å². The number of halogens is 1. The zero-order valence-electron chi connectivity index (χ0n) is 15.4. The van der Waals surface area contributed by atoms with Gasteiger partial charge in [0.2, 0.25) is 0 Å². The molecular formula is C20H18ClN7O. The molecule has 0 radical (unpaired) electrons. The molecule has 8 nitrogen and oxygen atoms in total. The van der Waals surface area contributed by atoms with Crippen molar-refractivity contribution in [3.05, 3.63) is 70.1 Å². The summed E-state index contributed by atoms with van der Waals surface area (Å²) in [6, 6.07) is 9.15. The lowest BCUT2D eigenvalue weighted by Gasteiger charge is -2.15. The smallest absolute Gasteiger partial charge is 0.255 e. The molecule has 146 valence electrons. The third kappa shape index (κ3) is 4.52. The molecule has 2 N–H and O–H groups in total. The van der Waals surface area contributed by atoms with E-state index >= 15 is 0 Å². The van der Waals surface area contributed by atoms with E-state index in [1.807, 2.05) is 18.2 Å². The molecule has 3 aromatic heterocycles.